The van der Waals surface area contributed by atoms with Gasteiger partial charge < -0.3 is 5.32 Å². The number of amides is 1. The van der Waals surface area contributed by atoms with Crippen LogP contribution in [0.3, 0.4) is 0 Å². The van der Waals surface area contributed by atoms with Gasteiger partial charge in [-0.3, -0.25) is 14.2 Å². The van der Waals surface area contributed by atoms with E-state index in [1.807, 2.05) is 41.2 Å². The zero-order chi connectivity index (χ0) is 15.4. The van der Waals surface area contributed by atoms with Crippen LogP contribution in [0.2, 0.25) is 0 Å². The van der Waals surface area contributed by atoms with Crippen molar-refractivity contribution in [1.82, 2.24) is 24.9 Å². The van der Waals surface area contributed by atoms with Crippen LogP contribution in [0.5, 0.6) is 0 Å². The summed E-state index contributed by atoms with van der Waals surface area (Å²) in [7, 11) is 1.79. The molecular formula is C16H17N5O. The highest BCUT2D eigenvalue weighted by atomic mass is 16.1. The van der Waals surface area contributed by atoms with Crippen LogP contribution >= 0.6 is 0 Å². The Labute approximate surface area is 128 Å². The Morgan fingerprint density at radius 3 is 2.68 bits per heavy atom. The van der Waals surface area contributed by atoms with Crippen LogP contribution in [-0.4, -0.2) is 25.5 Å². The molecule has 0 aliphatic carbocycles. The first kappa shape index (κ1) is 14.1. The number of benzene rings is 1. The van der Waals surface area contributed by atoms with Crippen LogP contribution in [0, 0.1) is 0 Å². The molecule has 0 saturated carbocycles. The second-order valence-electron chi connectivity index (χ2n) is 5.06. The van der Waals surface area contributed by atoms with E-state index < -0.39 is 0 Å². The van der Waals surface area contributed by atoms with E-state index in [2.05, 4.69) is 15.5 Å². The van der Waals surface area contributed by atoms with Gasteiger partial charge in [-0.05, 0) is 17.2 Å². The van der Waals surface area contributed by atoms with Crippen molar-refractivity contribution in [2.45, 2.75) is 13.1 Å². The van der Waals surface area contributed by atoms with Gasteiger partial charge in [0.1, 0.15) is 0 Å². The van der Waals surface area contributed by atoms with Crippen molar-refractivity contribution in [1.29, 1.82) is 0 Å². The lowest BCUT2D eigenvalue weighted by atomic mass is 10.1. The van der Waals surface area contributed by atoms with Crippen LogP contribution in [-0.2, 0) is 20.1 Å². The fraction of sp³-hybridized carbons (Fsp3) is 0.188. The minimum absolute atomic E-state index is 0.123. The van der Waals surface area contributed by atoms with Crippen molar-refractivity contribution in [2.24, 2.45) is 7.05 Å². The predicted molar refractivity (Wildman–Crippen MR) is 82.1 cm³/mol. The maximum atomic E-state index is 12.1. The van der Waals surface area contributed by atoms with Crippen LogP contribution in [0.25, 0.3) is 0 Å². The Morgan fingerprint density at radius 2 is 2.00 bits per heavy atom. The third kappa shape index (κ3) is 3.22. The topological polar surface area (TPSA) is 64.7 Å². The molecule has 2 aromatic heterocycles. The molecule has 3 rings (SSSR count). The molecule has 0 bridgehead atoms. The Morgan fingerprint density at radius 1 is 1.18 bits per heavy atom. The molecule has 6 heteroatoms. The Kier molecular flexibility index (Phi) is 4.00. The molecule has 0 unspecified atom stereocenters. The van der Waals surface area contributed by atoms with Crippen molar-refractivity contribution < 1.29 is 4.79 Å². The van der Waals surface area contributed by atoms with Crippen molar-refractivity contribution in [3.8, 4) is 0 Å². The van der Waals surface area contributed by atoms with Gasteiger partial charge in [-0.25, -0.2) is 0 Å². The van der Waals surface area contributed by atoms with E-state index in [1.165, 1.54) is 0 Å². The summed E-state index contributed by atoms with van der Waals surface area (Å²) in [4.78, 5) is 12.1. The van der Waals surface area contributed by atoms with E-state index in [1.54, 1.807) is 30.3 Å². The Balaban J connectivity index is 1.68. The monoisotopic (exact) mass is 295 g/mol. The van der Waals surface area contributed by atoms with Crippen molar-refractivity contribution >= 4 is 5.91 Å². The molecule has 0 spiro atoms. The highest BCUT2D eigenvalue weighted by Crippen LogP contribution is 2.10. The number of carbonyl (C=O) groups is 1. The van der Waals surface area contributed by atoms with Gasteiger partial charge in [-0.15, -0.1) is 0 Å². The highest BCUT2D eigenvalue weighted by Gasteiger charge is 2.09. The van der Waals surface area contributed by atoms with Crippen molar-refractivity contribution in [3.05, 3.63) is 71.8 Å². The first-order chi connectivity index (χ1) is 10.7. The van der Waals surface area contributed by atoms with Crippen LogP contribution in [0.15, 0.2) is 55.1 Å². The average Bonchev–Trinajstić information content (AvgIpc) is 3.18. The smallest absolute Gasteiger partial charge is 0.254 e. The summed E-state index contributed by atoms with van der Waals surface area (Å²) in [6.07, 6.45) is 6.94. The van der Waals surface area contributed by atoms with E-state index in [0.717, 1.165) is 11.1 Å². The normalized spacial score (nSPS) is 10.6. The summed E-state index contributed by atoms with van der Waals surface area (Å²) in [5.74, 6) is -0.123. The molecule has 1 amide bonds. The largest absolute Gasteiger partial charge is 0.348 e. The lowest BCUT2D eigenvalue weighted by Gasteiger charge is -2.10. The van der Waals surface area contributed by atoms with Gasteiger partial charge in [0.05, 0.1) is 18.3 Å². The molecule has 0 aliphatic rings. The number of rotatable bonds is 5. The molecule has 1 N–H and O–H groups in total. The second kappa shape index (κ2) is 6.26. The first-order valence-corrected chi connectivity index (χ1v) is 7.03. The lowest BCUT2D eigenvalue weighted by Crippen LogP contribution is -2.23. The molecule has 3 aromatic rings. The van der Waals surface area contributed by atoms with E-state index >= 15 is 0 Å². The molecule has 2 heterocycles. The third-order valence-corrected chi connectivity index (χ3v) is 3.42. The van der Waals surface area contributed by atoms with Crippen LogP contribution < -0.4 is 5.32 Å². The van der Waals surface area contributed by atoms with Gasteiger partial charge in [-0.1, -0.05) is 24.3 Å². The Hall–Kier alpha value is -2.89. The summed E-state index contributed by atoms with van der Waals surface area (Å²) in [5, 5.41) is 11.1. The highest BCUT2D eigenvalue weighted by molar-refractivity contribution is 5.93. The molecule has 0 atom stereocenters. The van der Waals surface area contributed by atoms with Gasteiger partial charge in [-0.2, -0.15) is 10.2 Å². The molecular weight excluding hydrogens is 278 g/mol. The fourth-order valence-corrected chi connectivity index (χ4v) is 2.27. The average molecular weight is 295 g/mol. The number of hydrogen-bond donors (Lipinski definition) is 1. The predicted octanol–water partition coefficient (Wildman–Crippen LogP) is 1.59. The second-order valence-corrected chi connectivity index (χ2v) is 5.06. The molecule has 6 nitrogen and oxygen atoms in total. The number of nitrogens with one attached hydrogen (secondary N) is 1. The van der Waals surface area contributed by atoms with Gasteiger partial charge in [0, 0.05) is 32.2 Å². The zero-order valence-electron chi connectivity index (χ0n) is 12.3. The maximum absolute atomic E-state index is 12.1. The standard InChI is InChI=1S/C16H17N5O/c1-20-11-15(10-19-20)16(22)17-9-13-5-2-3-6-14(13)12-21-8-4-7-18-21/h2-8,10-11H,9,12H2,1H3,(H,17,22). The SMILES string of the molecule is Cn1cc(C(=O)NCc2ccccc2Cn2cccn2)cn1. The van der Waals surface area contributed by atoms with E-state index in [0.29, 0.717) is 18.7 Å². The van der Waals surface area contributed by atoms with E-state index in [-0.39, 0.29) is 5.91 Å². The molecule has 0 aliphatic heterocycles. The summed E-state index contributed by atoms with van der Waals surface area (Å²) >= 11 is 0. The maximum Gasteiger partial charge on any atom is 0.254 e. The molecule has 0 saturated heterocycles. The molecule has 0 radical (unpaired) electrons. The molecule has 1 aromatic carbocycles. The summed E-state index contributed by atoms with van der Waals surface area (Å²) in [6.45, 7) is 1.16. The first-order valence-electron chi connectivity index (χ1n) is 7.03. The molecule has 22 heavy (non-hydrogen) atoms. The molecule has 0 fully saturated rings. The minimum atomic E-state index is -0.123. The van der Waals surface area contributed by atoms with E-state index in [4.69, 9.17) is 0 Å². The zero-order valence-corrected chi connectivity index (χ0v) is 12.3. The number of aryl methyl sites for hydroxylation is 1. The summed E-state index contributed by atoms with van der Waals surface area (Å²) in [5.41, 5.74) is 2.78. The number of carbonyl (C=O) groups excluding carboxylic acids is 1. The number of hydrogen-bond acceptors (Lipinski definition) is 3. The van der Waals surface area contributed by atoms with E-state index in [9.17, 15) is 4.79 Å². The number of aromatic nitrogens is 4. The molecule has 112 valence electrons. The van der Waals surface area contributed by atoms with Gasteiger partial charge in [0.15, 0.2) is 0 Å². The quantitative estimate of drug-likeness (QED) is 0.777. The Bertz CT molecular complexity index is 760. The lowest BCUT2D eigenvalue weighted by molar-refractivity contribution is 0.0950. The van der Waals surface area contributed by atoms with Crippen LogP contribution in [0.1, 0.15) is 21.5 Å². The summed E-state index contributed by atoms with van der Waals surface area (Å²) < 4.78 is 3.47. The number of nitrogens with zero attached hydrogens (tertiary/aromatic N) is 4. The van der Waals surface area contributed by atoms with Gasteiger partial charge >= 0.3 is 0 Å². The summed E-state index contributed by atoms with van der Waals surface area (Å²) in [6, 6.07) is 9.92. The third-order valence-electron chi connectivity index (χ3n) is 3.42. The van der Waals surface area contributed by atoms with Crippen molar-refractivity contribution in [2.75, 3.05) is 0 Å². The van der Waals surface area contributed by atoms with Gasteiger partial charge in [0.25, 0.3) is 5.91 Å². The van der Waals surface area contributed by atoms with Crippen molar-refractivity contribution in [3.63, 3.8) is 0 Å². The fourth-order valence-electron chi connectivity index (χ4n) is 2.27. The van der Waals surface area contributed by atoms with Crippen LogP contribution in [0.4, 0.5) is 0 Å². The minimum Gasteiger partial charge on any atom is -0.348 e. The van der Waals surface area contributed by atoms with Gasteiger partial charge in [0.2, 0.25) is 0 Å².